The van der Waals surface area contributed by atoms with Crippen LogP contribution in [0.3, 0.4) is 0 Å². The number of nitrogens with zero attached hydrogens (tertiary/aromatic N) is 2. The van der Waals surface area contributed by atoms with Crippen LogP contribution in [0.4, 0.5) is 4.39 Å². The summed E-state index contributed by atoms with van der Waals surface area (Å²) in [6.07, 6.45) is 3.46. The van der Waals surface area contributed by atoms with Crippen molar-refractivity contribution in [2.24, 2.45) is 0 Å². The molecule has 5 heteroatoms. The highest BCUT2D eigenvalue weighted by atomic mass is 19.1. The van der Waals surface area contributed by atoms with Gasteiger partial charge in [-0.1, -0.05) is 0 Å². The lowest BCUT2D eigenvalue weighted by atomic mass is 10.1. The fourth-order valence-corrected chi connectivity index (χ4v) is 2.12. The van der Waals surface area contributed by atoms with Crippen LogP contribution in [0.1, 0.15) is 15.9 Å². The molecule has 0 amide bonds. The molecule has 100 valence electrons. The van der Waals surface area contributed by atoms with Crippen LogP contribution in [0.5, 0.6) is 0 Å². The number of carboxylic acids is 1. The molecule has 1 N–H and O–H groups in total. The van der Waals surface area contributed by atoms with Gasteiger partial charge in [-0.25, -0.2) is 14.2 Å². The summed E-state index contributed by atoms with van der Waals surface area (Å²) >= 11 is 0. The summed E-state index contributed by atoms with van der Waals surface area (Å²) in [5.41, 5.74) is 2.40. The molecule has 0 bridgehead atoms. The largest absolute Gasteiger partial charge is 0.478 e. The zero-order valence-electron chi connectivity index (χ0n) is 10.7. The van der Waals surface area contributed by atoms with E-state index in [-0.39, 0.29) is 11.4 Å². The minimum atomic E-state index is -1.02. The fourth-order valence-electron chi connectivity index (χ4n) is 2.12. The van der Waals surface area contributed by atoms with E-state index in [4.69, 9.17) is 5.11 Å². The Morgan fingerprint density at radius 1 is 1.35 bits per heavy atom. The van der Waals surface area contributed by atoms with E-state index in [2.05, 4.69) is 4.98 Å². The summed E-state index contributed by atoms with van der Waals surface area (Å²) in [5.74, 6) is -1.30. The number of aryl methyl sites for hydroxylation is 1. The molecule has 3 aromatic rings. The first-order chi connectivity index (χ1) is 9.56. The summed E-state index contributed by atoms with van der Waals surface area (Å²) in [6, 6.07) is 7.86. The van der Waals surface area contributed by atoms with E-state index >= 15 is 0 Å². The zero-order valence-corrected chi connectivity index (χ0v) is 10.7. The van der Waals surface area contributed by atoms with Crippen molar-refractivity contribution in [2.75, 3.05) is 0 Å². The quantitative estimate of drug-likeness (QED) is 0.778. The van der Waals surface area contributed by atoms with Gasteiger partial charge < -0.3 is 9.51 Å². The number of fused-ring (bicyclic) bond motifs is 1. The number of hydrogen-bond donors (Lipinski definition) is 1. The molecular weight excluding hydrogens is 259 g/mol. The summed E-state index contributed by atoms with van der Waals surface area (Å²) in [4.78, 5) is 15.5. The molecule has 0 unspecified atom stereocenters. The Morgan fingerprint density at radius 2 is 2.15 bits per heavy atom. The standard InChI is InChI=1S/C15H11FN2O2/c1-9-7-10(4-5-12(9)16)13-8-18-6-2-3-11(15(19)20)14(18)17-13/h2-8H,1H3,(H,19,20). The van der Waals surface area contributed by atoms with Gasteiger partial charge in [0.05, 0.1) is 5.69 Å². The minimum absolute atomic E-state index is 0.137. The predicted molar refractivity (Wildman–Crippen MR) is 72.3 cm³/mol. The lowest BCUT2D eigenvalue weighted by molar-refractivity contribution is 0.0698. The molecule has 0 saturated carbocycles. The number of benzene rings is 1. The normalized spacial score (nSPS) is 10.9. The second-order valence-electron chi connectivity index (χ2n) is 4.55. The van der Waals surface area contributed by atoms with Crippen molar-refractivity contribution in [3.63, 3.8) is 0 Å². The maximum absolute atomic E-state index is 13.3. The van der Waals surface area contributed by atoms with Crippen LogP contribution in [-0.2, 0) is 0 Å². The van der Waals surface area contributed by atoms with Crippen LogP contribution >= 0.6 is 0 Å². The number of hydrogen-bond acceptors (Lipinski definition) is 2. The van der Waals surface area contributed by atoms with E-state index in [1.807, 2.05) is 0 Å². The maximum Gasteiger partial charge on any atom is 0.339 e. The molecule has 0 radical (unpaired) electrons. The molecule has 0 aliphatic heterocycles. The zero-order chi connectivity index (χ0) is 14.3. The predicted octanol–water partition coefficient (Wildman–Crippen LogP) is 3.15. The number of aromatic nitrogens is 2. The van der Waals surface area contributed by atoms with Crippen molar-refractivity contribution in [3.8, 4) is 11.3 Å². The number of carboxylic acid groups (broad SMARTS) is 1. The third kappa shape index (κ3) is 1.93. The van der Waals surface area contributed by atoms with E-state index in [1.165, 1.54) is 12.1 Å². The average molecular weight is 270 g/mol. The van der Waals surface area contributed by atoms with Crippen molar-refractivity contribution in [2.45, 2.75) is 6.92 Å². The van der Waals surface area contributed by atoms with Gasteiger partial charge in [0.2, 0.25) is 0 Å². The van der Waals surface area contributed by atoms with Crippen LogP contribution in [0, 0.1) is 12.7 Å². The van der Waals surface area contributed by atoms with Crippen molar-refractivity contribution < 1.29 is 14.3 Å². The average Bonchev–Trinajstić information content (AvgIpc) is 2.85. The second kappa shape index (κ2) is 4.45. The molecule has 20 heavy (non-hydrogen) atoms. The minimum Gasteiger partial charge on any atom is -0.478 e. The highest BCUT2D eigenvalue weighted by molar-refractivity contribution is 5.94. The van der Waals surface area contributed by atoms with Crippen LogP contribution in [-0.4, -0.2) is 20.5 Å². The molecule has 2 heterocycles. The third-order valence-electron chi connectivity index (χ3n) is 3.17. The van der Waals surface area contributed by atoms with Gasteiger partial charge in [-0.15, -0.1) is 0 Å². The monoisotopic (exact) mass is 270 g/mol. The number of aromatic carboxylic acids is 1. The van der Waals surface area contributed by atoms with Gasteiger partial charge in [-0.3, -0.25) is 0 Å². The van der Waals surface area contributed by atoms with Gasteiger partial charge in [0.1, 0.15) is 11.4 Å². The highest BCUT2D eigenvalue weighted by Gasteiger charge is 2.13. The van der Waals surface area contributed by atoms with Crippen LogP contribution in [0.2, 0.25) is 0 Å². The molecule has 3 rings (SSSR count). The van der Waals surface area contributed by atoms with Crippen molar-refractivity contribution in [1.29, 1.82) is 0 Å². The van der Waals surface area contributed by atoms with Crippen molar-refractivity contribution >= 4 is 11.6 Å². The number of rotatable bonds is 2. The summed E-state index contributed by atoms with van der Waals surface area (Å²) in [6.45, 7) is 1.68. The molecule has 0 aliphatic rings. The SMILES string of the molecule is Cc1cc(-c2cn3cccc(C(=O)O)c3n2)ccc1F. The lowest BCUT2D eigenvalue weighted by Crippen LogP contribution is -1.99. The van der Waals surface area contributed by atoms with Crippen LogP contribution in [0.25, 0.3) is 16.9 Å². The van der Waals surface area contributed by atoms with E-state index in [0.29, 0.717) is 16.9 Å². The topological polar surface area (TPSA) is 54.6 Å². The maximum atomic E-state index is 13.3. The van der Waals surface area contributed by atoms with Gasteiger partial charge in [0, 0.05) is 18.0 Å². The Balaban J connectivity index is 2.20. The van der Waals surface area contributed by atoms with Gasteiger partial charge in [0.15, 0.2) is 5.65 Å². The molecule has 0 saturated heterocycles. The first-order valence-electron chi connectivity index (χ1n) is 6.04. The molecule has 4 nitrogen and oxygen atoms in total. The number of halogens is 1. The Bertz CT molecular complexity index is 824. The molecule has 0 aliphatic carbocycles. The van der Waals surface area contributed by atoms with E-state index in [1.54, 1.807) is 41.9 Å². The van der Waals surface area contributed by atoms with Gasteiger partial charge in [-0.05, 0) is 42.8 Å². The summed E-state index contributed by atoms with van der Waals surface area (Å²) in [5, 5.41) is 9.14. The Kier molecular flexibility index (Phi) is 2.75. The molecule has 2 aromatic heterocycles. The molecule has 0 atom stereocenters. The van der Waals surface area contributed by atoms with Crippen LogP contribution < -0.4 is 0 Å². The molecule has 0 fully saturated rings. The van der Waals surface area contributed by atoms with Gasteiger partial charge in [-0.2, -0.15) is 0 Å². The van der Waals surface area contributed by atoms with Gasteiger partial charge >= 0.3 is 5.97 Å². The second-order valence-corrected chi connectivity index (χ2v) is 4.55. The van der Waals surface area contributed by atoms with Crippen LogP contribution in [0.15, 0.2) is 42.7 Å². The van der Waals surface area contributed by atoms with Crippen molar-refractivity contribution in [1.82, 2.24) is 9.38 Å². The first kappa shape index (κ1) is 12.3. The molecular formula is C15H11FN2O2. The summed E-state index contributed by atoms with van der Waals surface area (Å²) < 4.78 is 14.9. The first-order valence-corrected chi connectivity index (χ1v) is 6.04. The van der Waals surface area contributed by atoms with E-state index in [0.717, 1.165) is 5.56 Å². The lowest BCUT2D eigenvalue weighted by Gasteiger charge is -1.99. The molecule has 0 spiro atoms. The Hall–Kier alpha value is -2.69. The summed E-state index contributed by atoms with van der Waals surface area (Å²) in [7, 11) is 0. The van der Waals surface area contributed by atoms with Crippen molar-refractivity contribution in [3.05, 3.63) is 59.7 Å². The third-order valence-corrected chi connectivity index (χ3v) is 3.17. The highest BCUT2D eigenvalue weighted by Crippen LogP contribution is 2.22. The van der Waals surface area contributed by atoms with E-state index in [9.17, 15) is 9.18 Å². The fraction of sp³-hybridized carbons (Fsp3) is 0.0667. The Morgan fingerprint density at radius 3 is 2.85 bits per heavy atom. The smallest absolute Gasteiger partial charge is 0.339 e. The number of carbonyl (C=O) groups is 1. The van der Waals surface area contributed by atoms with Gasteiger partial charge in [0.25, 0.3) is 0 Å². The van der Waals surface area contributed by atoms with E-state index < -0.39 is 5.97 Å². The Labute approximate surface area is 114 Å². The molecule has 1 aromatic carbocycles. The number of pyridine rings is 1. The number of imidazole rings is 1.